The lowest BCUT2D eigenvalue weighted by Gasteiger charge is -2.10. The first-order valence-electron chi connectivity index (χ1n) is 4.80. The molecule has 0 aliphatic carbocycles. The number of ether oxygens (including phenoxy) is 1. The van der Waals surface area contributed by atoms with Gasteiger partial charge in [0, 0.05) is 18.9 Å². The average molecular weight is 202 g/mol. The topological polar surface area (TPSA) is 49.8 Å². The average Bonchev–Trinajstić information content (AvgIpc) is 2.13. The molecule has 1 atom stereocenters. The van der Waals surface area contributed by atoms with Crippen LogP contribution in [-0.2, 0) is 9.53 Å². The SMILES string of the molecule is [CH2]C(CO)COC(=O)CCCN(C)C. The van der Waals surface area contributed by atoms with Gasteiger partial charge in [-0.2, -0.15) is 0 Å². The molecule has 0 fully saturated rings. The highest BCUT2D eigenvalue weighted by Gasteiger charge is 2.06. The fraction of sp³-hybridized carbons (Fsp3) is 0.800. The zero-order valence-electron chi connectivity index (χ0n) is 9.03. The normalized spacial score (nSPS) is 12.9. The van der Waals surface area contributed by atoms with Crippen LogP contribution in [0.15, 0.2) is 0 Å². The second kappa shape index (κ2) is 7.76. The summed E-state index contributed by atoms with van der Waals surface area (Å²) < 4.78 is 4.90. The number of rotatable bonds is 7. The Morgan fingerprint density at radius 3 is 2.71 bits per heavy atom. The Morgan fingerprint density at radius 2 is 2.21 bits per heavy atom. The van der Waals surface area contributed by atoms with Crippen LogP contribution in [0, 0.1) is 12.8 Å². The Morgan fingerprint density at radius 1 is 1.57 bits per heavy atom. The van der Waals surface area contributed by atoms with Crippen molar-refractivity contribution in [1.29, 1.82) is 0 Å². The summed E-state index contributed by atoms with van der Waals surface area (Å²) >= 11 is 0. The highest BCUT2D eigenvalue weighted by Crippen LogP contribution is 1.98. The van der Waals surface area contributed by atoms with E-state index < -0.39 is 0 Å². The number of hydrogen-bond acceptors (Lipinski definition) is 4. The molecule has 0 aromatic carbocycles. The molecule has 0 aromatic heterocycles. The molecule has 4 nitrogen and oxygen atoms in total. The predicted molar refractivity (Wildman–Crippen MR) is 54.7 cm³/mol. The number of aliphatic hydroxyl groups is 1. The van der Waals surface area contributed by atoms with Gasteiger partial charge < -0.3 is 14.7 Å². The molecule has 14 heavy (non-hydrogen) atoms. The molecule has 1 radical (unpaired) electrons. The Hall–Kier alpha value is -0.610. The van der Waals surface area contributed by atoms with E-state index >= 15 is 0 Å². The van der Waals surface area contributed by atoms with Gasteiger partial charge in [0.25, 0.3) is 0 Å². The first-order chi connectivity index (χ1) is 6.56. The van der Waals surface area contributed by atoms with Gasteiger partial charge >= 0.3 is 5.97 Å². The molecule has 83 valence electrons. The smallest absolute Gasteiger partial charge is 0.305 e. The van der Waals surface area contributed by atoms with E-state index in [1.165, 1.54) is 0 Å². The third-order valence-corrected chi connectivity index (χ3v) is 1.72. The highest BCUT2D eigenvalue weighted by molar-refractivity contribution is 5.69. The first-order valence-corrected chi connectivity index (χ1v) is 4.80. The van der Waals surface area contributed by atoms with Crippen molar-refractivity contribution in [3.8, 4) is 0 Å². The maximum Gasteiger partial charge on any atom is 0.305 e. The van der Waals surface area contributed by atoms with E-state index in [4.69, 9.17) is 9.84 Å². The number of esters is 1. The molecular formula is C10H20NO3. The van der Waals surface area contributed by atoms with Crippen molar-refractivity contribution in [2.24, 2.45) is 5.92 Å². The summed E-state index contributed by atoms with van der Waals surface area (Å²) in [5.41, 5.74) is 0. The number of carbonyl (C=O) groups excluding carboxylic acids is 1. The molecule has 4 heteroatoms. The van der Waals surface area contributed by atoms with Crippen LogP contribution in [0.5, 0.6) is 0 Å². The number of hydrogen-bond donors (Lipinski definition) is 1. The maximum absolute atomic E-state index is 11.1. The second-order valence-corrected chi connectivity index (χ2v) is 3.64. The summed E-state index contributed by atoms with van der Waals surface area (Å²) in [4.78, 5) is 13.1. The summed E-state index contributed by atoms with van der Waals surface area (Å²) in [5.74, 6) is -0.429. The van der Waals surface area contributed by atoms with Crippen molar-refractivity contribution in [2.45, 2.75) is 12.8 Å². The molecule has 0 aliphatic rings. The fourth-order valence-corrected chi connectivity index (χ4v) is 0.875. The van der Waals surface area contributed by atoms with Crippen molar-refractivity contribution in [3.05, 3.63) is 6.92 Å². The van der Waals surface area contributed by atoms with Gasteiger partial charge in [-0.3, -0.25) is 4.79 Å². The number of nitrogens with zero attached hydrogens (tertiary/aromatic N) is 1. The van der Waals surface area contributed by atoms with Crippen molar-refractivity contribution in [2.75, 3.05) is 33.9 Å². The quantitative estimate of drug-likeness (QED) is 0.604. The minimum Gasteiger partial charge on any atom is -0.465 e. The van der Waals surface area contributed by atoms with Gasteiger partial charge in [0.05, 0.1) is 6.61 Å². The van der Waals surface area contributed by atoms with E-state index in [1.54, 1.807) is 0 Å². The van der Waals surface area contributed by atoms with E-state index in [0.717, 1.165) is 13.0 Å². The van der Waals surface area contributed by atoms with E-state index in [-0.39, 0.29) is 25.1 Å². The Bertz CT molecular complexity index is 159. The fourth-order valence-electron chi connectivity index (χ4n) is 0.875. The van der Waals surface area contributed by atoms with Crippen molar-refractivity contribution in [3.63, 3.8) is 0 Å². The lowest BCUT2D eigenvalue weighted by atomic mass is 10.2. The molecule has 0 bridgehead atoms. The number of aliphatic hydroxyl groups excluding tert-OH is 1. The second-order valence-electron chi connectivity index (χ2n) is 3.64. The van der Waals surface area contributed by atoms with Crippen LogP contribution in [0.25, 0.3) is 0 Å². The number of carbonyl (C=O) groups is 1. The van der Waals surface area contributed by atoms with Crippen molar-refractivity contribution >= 4 is 5.97 Å². The summed E-state index contributed by atoms with van der Waals surface area (Å²) in [5, 5.41) is 8.64. The molecule has 1 unspecified atom stereocenters. The lowest BCUT2D eigenvalue weighted by Crippen LogP contribution is -2.17. The van der Waals surface area contributed by atoms with Crippen LogP contribution < -0.4 is 0 Å². The van der Waals surface area contributed by atoms with Crippen LogP contribution in [0.4, 0.5) is 0 Å². The Balaban J connectivity index is 3.37. The van der Waals surface area contributed by atoms with Gasteiger partial charge in [-0.1, -0.05) is 0 Å². The van der Waals surface area contributed by atoms with Crippen molar-refractivity contribution in [1.82, 2.24) is 4.90 Å². The van der Waals surface area contributed by atoms with Crippen molar-refractivity contribution < 1.29 is 14.6 Å². The monoisotopic (exact) mass is 202 g/mol. The molecule has 0 amide bonds. The minimum atomic E-state index is -0.215. The Kier molecular flexibility index (Phi) is 7.42. The van der Waals surface area contributed by atoms with Crippen LogP contribution in [0.2, 0.25) is 0 Å². The molecule has 0 rings (SSSR count). The summed E-state index contributed by atoms with van der Waals surface area (Å²) in [6.45, 7) is 4.63. The van der Waals surface area contributed by atoms with Gasteiger partial charge in [0.2, 0.25) is 0 Å². The molecule has 0 saturated heterocycles. The molecule has 0 heterocycles. The first kappa shape index (κ1) is 13.4. The zero-order chi connectivity index (χ0) is 11.0. The molecular weight excluding hydrogens is 182 g/mol. The molecule has 0 aliphatic heterocycles. The Labute approximate surface area is 85.9 Å². The van der Waals surface area contributed by atoms with E-state index in [2.05, 4.69) is 6.92 Å². The van der Waals surface area contributed by atoms with Crippen LogP contribution in [0.3, 0.4) is 0 Å². The largest absolute Gasteiger partial charge is 0.465 e. The minimum absolute atomic E-state index is 0.0506. The third kappa shape index (κ3) is 8.01. The van der Waals surface area contributed by atoms with Crippen LogP contribution in [0.1, 0.15) is 12.8 Å². The third-order valence-electron chi connectivity index (χ3n) is 1.72. The zero-order valence-corrected chi connectivity index (χ0v) is 9.03. The molecule has 0 aromatic rings. The van der Waals surface area contributed by atoms with Crippen LogP contribution in [-0.4, -0.2) is 49.8 Å². The molecule has 0 spiro atoms. The van der Waals surface area contributed by atoms with E-state index in [0.29, 0.717) is 6.42 Å². The lowest BCUT2D eigenvalue weighted by molar-refractivity contribution is -0.145. The van der Waals surface area contributed by atoms with Gasteiger partial charge in [0.1, 0.15) is 0 Å². The summed E-state index contributed by atoms with van der Waals surface area (Å²) in [6, 6.07) is 0. The molecule has 0 saturated carbocycles. The van der Waals surface area contributed by atoms with Gasteiger partial charge in [-0.25, -0.2) is 0 Å². The molecule has 1 N–H and O–H groups in total. The summed E-state index contributed by atoms with van der Waals surface area (Å²) in [6.07, 6.45) is 1.23. The maximum atomic E-state index is 11.1. The van der Waals surface area contributed by atoms with E-state index in [9.17, 15) is 4.79 Å². The van der Waals surface area contributed by atoms with E-state index in [1.807, 2.05) is 19.0 Å². The van der Waals surface area contributed by atoms with Gasteiger partial charge in [0.15, 0.2) is 0 Å². The summed E-state index contributed by atoms with van der Waals surface area (Å²) in [7, 11) is 3.92. The standard InChI is InChI=1S/C10H20NO3/c1-9(7-12)8-14-10(13)5-4-6-11(2)3/h9,12H,1,4-8H2,2-3H3. The van der Waals surface area contributed by atoms with Crippen LogP contribution >= 0.6 is 0 Å². The highest BCUT2D eigenvalue weighted by atomic mass is 16.5. The van der Waals surface area contributed by atoms with Gasteiger partial charge in [-0.15, -0.1) is 0 Å². The predicted octanol–water partition coefficient (Wildman–Crippen LogP) is 0.314. The van der Waals surface area contributed by atoms with Gasteiger partial charge in [-0.05, 0) is 34.0 Å².